The molecule has 1 aliphatic heterocycles. The Morgan fingerprint density at radius 1 is 0.763 bits per heavy atom. The van der Waals surface area contributed by atoms with Gasteiger partial charge in [-0.15, -0.1) is 0 Å². The van der Waals surface area contributed by atoms with Gasteiger partial charge >= 0.3 is 0 Å². The van der Waals surface area contributed by atoms with E-state index in [0.29, 0.717) is 0 Å². The van der Waals surface area contributed by atoms with Gasteiger partial charge in [-0.1, -0.05) is 36.8 Å². The van der Waals surface area contributed by atoms with Gasteiger partial charge in [-0.25, -0.2) is 4.39 Å². The highest BCUT2D eigenvalue weighted by Crippen LogP contribution is 2.35. The van der Waals surface area contributed by atoms with E-state index in [-0.39, 0.29) is 5.82 Å². The number of hydrogen-bond acceptors (Lipinski definition) is 3. The van der Waals surface area contributed by atoms with Crippen molar-refractivity contribution in [3.05, 3.63) is 96.6 Å². The quantitative estimate of drug-likeness (QED) is 0.256. The molecule has 2 N–H and O–H groups in total. The maximum atomic E-state index is 13.9. The van der Waals surface area contributed by atoms with Crippen LogP contribution in [0.3, 0.4) is 0 Å². The van der Waals surface area contributed by atoms with E-state index in [1.807, 2.05) is 36.7 Å². The average Bonchev–Trinajstić information content (AvgIpc) is 3.57. The van der Waals surface area contributed by atoms with Gasteiger partial charge in [0.15, 0.2) is 0 Å². The monoisotopic (exact) mass is 501 g/mol. The summed E-state index contributed by atoms with van der Waals surface area (Å²) in [6.07, 6.45) is 7.83. The van der Waals surface area contributed by atoms with Crippen LogP contribution in [0.1, 0.15) is 24.8 Å². The third-order valence-corrected chi connectivity index (χ3v) is 7.60. The van der Waals surface area contributed by atoms with Crippen molar-refractivity contribution in [2.75, 3.05) is 13.1 Å². The number of fused-ring (bicyclic) bond motifs is 2. The first-order chi connectivity index (χ1) is 18.7. The topological polar surface area (TPSA) is 60.6 Å². The summed E-state index contributed by atoms with van der Waals surface area (Å²) < 4.78 is 13.9. The molecule has 0 radical (unpaired) electrons. The largest absolute Gasteiger partial charge is 0.353 e. The highest BCUT2D eigenvalue weighted by atomic mass is 19.1. The van der Waals surface area contributed by atoms with E-state index in [2.05, 4.69) is 55.4 Å². The smallest absolute Gasteiger partial charge is 0.123 e. The van der Waals surface area contributed by atoms with Gasteiger partial charge in [-0.2, -0.15) is 5.10 Å². The summed E-state index contributed by atoms with van der Waals surface area (Å²) >= 11 is 0. The molecule has 0 aliphatic carbocycles. The van der Waals surface area contributed by atoms with Gasteiger partial charge in [0.1, 0.15) is 11.5 Å². The minimum absolute atomic E-state index is 0.240. The first-order valence-electron chi connectivity index (χ1n) is 13.2. The summed E-state index contributed by atoms with van der Waals surface area (Å²) in [5.74, 6) is -0.240. The highest BCUT2D eigenvalue weighted by Gasteiger charge is 2.15. The van der Waals surface area contributed by atoms with E-state index >= 15 is 0 Å². The Hall–Kier alpha value is -4.29. The molecule has 1 saturated heterocycles. The van der Waals surface area contributed by atoms with Gasteiger partial charge in [-0.05, 0) is 90.6 Å². The van der Waals surface area contributed by atoms with Crippen LogP contribution in [-0.4, -0.2) is 38.2 Å². The predicted octanol–water partition coefficient (Wildman–Crippen LogP) is 7.57. The molecule has 0 atom stereocenters. The Labute approximate surface area is 220 Å². The molecule has 6 aromatic rings. The van der Waals surface area contributed by atoms with Crippen LogP contribution >= 0.6 is 0 Å². The van der Waals surface area contributed by atoms with Crippen molar-refractivity contribution in [3.8, 4) is 33.6 Å². The van der Waals surface area contributed by atoms with Crippen LogP contribution in [-0.2, 0) is 6.54 Å². The minimum atomic E-state index is -0.240. The third-order valence-electron chi connectivity index (χ3n) is 7.60. The minimum Gasteiger partial charge on any atom is -0.353 e. The molecule has 4 heterocycles. The van der Waals surface area contributed by atoms with Gasteiger partial charge in [0.25, 0.3) is 0 Å². The molecule has 3 aromatic heterocycles. The lowest BCUT2D eigenvalue weighted by Crippen LogP contribution is -2.29. The second-order valence-corrected chi connectivity index (χ2v) is 10.2. The van der Waals surface area contributed by atoms with Crippen molar-refractivity contribution in [2.24, 2.45) is 0 Å². The number of rotatable bonds is 5. The van der Waals surface area contributed by atoms with Crippen LogP contribution in [0.4, 0.5) is 4.39 Å². The van der Waals surface area contributed by atoms with Crippen LogP contribution in [0, 0.1) is 5.82 Å². The number of pyridine rings is 1. The van der Waals surface area contributed by atoms with Crippen molar-refractivity contribution >= 4 is 21.8 Å². The van der Waals surface area contributed by atoms with Gasteiger partial charge in [-0.3, -0.25) is 15.0 Å². The first-order valence-corrected chi connectivity index (χ1v) is 13.2. The van der Waals surface area contributed by atoms with E-state index in [1.165, 1.54) is 44.0 Å². The first kappa shape index (κ1) is 22.9. The van der Waals surface area contributed by atoms with Crippen LogP contribution < -0.4 is 0 Å². The Balaban J connectivity index is 1.26. The fourth-order valence-electron chi connectivity index (χ4n) is 5.70. The van der Waals surface area contributed by atoms with Crippen molar-refractivity contribution in [2.45, 2.75) is 25.8 Å². The van der Waals surface area contributed by atoms with Crippen LogP contribution in [0.5, 0.6) is 0 Å². The number of halogens is 1. The number of piperidine rings is 1. The lowest BCUT2D eigenvalue weighted by Gasteiger charge is -2.26. The van der Waals surface area contributed by atoms with Crippen molar-refractivity contribution in [3.63, 3.8) is 0 Å². The molecule has 0 saturated carbocycles. The molecule has 1 aliphatic rings. The standard InChI is InChI=1S/C32H28FN5/c33-25-7-4-6-23(15-25)26-8-5-9-29-27(26)17-31(35-29)32-28-16-22(10-11-30(28)36-37-32)24-14-21(18-34-19-24)20-38-12-2-1-3-13-38/h4-11,14-19,35H,1-3,12-13,20H2,(H,36,37). The number of nitrogens with zero attached hydrogens (tertiary/aromatic N) is 3. The zero-order valence-corrected chi connectivity index (χ0v) is 21.0. The lowest BCUT2D eigenvalue weighted by atomic mass is 10.0. The summed E-state index contributed by atoms with van der Waals surface area (Å²) in [7, 11) is 0. The molecular formula is C32H28FN5. The fraction of sp³-hybridized carbons (Fsp3) is 0.188. The van der Waals surface area contributed by atoms with Crippen molar-refractivity contribution in [1.82, 2.24) is 25.1 Å². The maximum absolute atomic E-state index is 13.9. The SMILES string of the molecule is Fc1cccc(-c2cccc3[nH]c(-c4n[nH]c5ccc(-c6cncc(CN7CCCCC7)c6)cc45)cc23)c1. The van der Waals surface area contributed by atoms with Gasteiger partial charge in [0, 0.05) is 40.8 Å². The normalized spacial score (nSPS) is 14.4. The molecule has 0 amide bonds. The van der Waals surface area contributed by atoms with Crippen molar-refractivity contribution in [1.29, 1.82) is 0 Å². The Bertz CT molecular complexity index is 1760. The van der Waals surface area contributed by atoms with Gasteiger partial charge in [0.2, 0.25) is 0 Å². The molecule has 5 nitrogen and oxygen atoms in total. The molecule has 3 aromatic carbocycles. The second kappa shape index (κ2) is 9.54. The summed E-state index contributed by atoms with van der Waals surface area (Å²) in [5.41, 5.74) is 9.06. The van der Waals surface area contributed by atoms with Crippen molar-refractivity contribution < 1.29 is 4.39 Å². The van der Waals surface area contributed by atoms with Crippen LogP contribution in [0.25, 0.3) is 55.4 Å². The average molecular weight is 502 g/mol. The van der Waals surface area contributed by atoms with E-state index < -0.39 is 0 Å². The highest BCUT2D eigenvalue weighted by molar-refractivity contribution is 6.01. The zero-order valence-electron chi connectivity index (χ0n) is 21.0. The number of likely N-dealkylation sites (tertiary alicyclic amines) is 1. The summed E-state index contributed by atoms with van der Waals surface area (Å²) in [6, 6.07) is 23.6. The molecule has 7 rings (SSSR count). The van der Waals surface area contributed by atoms with Crippen LogP contribution in [0.15, 0.2) is 85.2 Å². The Kier molecular flexibility index (Phi) is 5.74. The van der Waals surface area contributed by atoms with E-state index in [9.17, 15) is 4.39 Å². The number of hydrogen-bond donors (Lipinski definition) is 2. The second-order valence-electron chi connectivity index (χ2n) is 10.2. The van der Waals surface area contributed by atoms with E-state index in [1.54, 1.807) is 12.1 Å². The van der Waals surface area contributed by atoms with E-state index in [4.69, 9.17) is 0 Å². The van der Waals surface area contributed by atoms with E-state index in [0.717, 1.165) is 62.0 Å². The predicted molar refractivity (Wildman–Crippen MR) is 151 cm³/mol. The molecule has 0 spiro atoms. The number of aromatic nitrogens is 4. The molecular weight excluding hydrogens is 473 g/mol. The zero-order chi connectivity index (χ0) is 25.5. The third kappa shape index (κ3) is 4.27. The summed E-state index contributed by atoms with van der Waals surface area (Å²) in [6.45, 7) is 3.28. The number of nitrogens with one attached hydrogen (secondary N) is 2. The summed E-state index contributed by atoms with van der Waals surface area (Å²) in [4.78, 5) is 10.6. The molecule has 1 fully saturated rings. The van der Waals surface area contributed by atoms with Crippen LogP contribution in [0.2, 0.25) is 0 Å². The molecule has 188 valence electrons. The maximum Gasteiger partial charge on any atom is 0.123 e. The molecule has 0 unspecified atom stereocenters. The molecule has 38 heavy (non-hydrogen) atoms. The fourth-order valence-corrected chi connectivity index (χ4v) is 5.70. The van der Waals surface area contributed by atoms with Gasteiger partial charge < -0.3 is 4.98 Å². The lowest BCUT2D eigenvalue weighted by molar-refractivity contribution is 0.220. The summed E-state index contributed by atoms with van der Waals surface area (Å²) in [5, 5.41) is 9.94. The Morgan fingerprint density at radius 2 is 1.66 bits per heavy atom. The number of H-pyrrole nitrogens is 2. The Morgan fingerprint density at radius 3 is 2.55 bits per heavy atom. The van der Waals surface area contributed by atoms with Gasteiger partial charge in [0.05, 0.1) is 11.2 Å². The molecule has 0 bridgehead atoms. The number of benzene rings is 3. The molecule has 6 heteroatoms. The number of aromatic amines is 2.